The molecule has 0 bridgehead atoms. The van der Waals surface area contributed by atoms with Gasteiger partial charge in [0.25, 0.3) is 0 Å². The van der Waals surface area contributed by atoms with Gasteiger partial charge in [0, 0.05) is 0 Å². The van der Waals surface area contributed by atoms with Crippen LogP contribution in [-0.2, 0) is 19.3 Å². The van der Waals surface area contributed by atoms with E-state index >= 15 is 0 Å². The van der Waals surface area contributed by atoms with Gasteiger partial charge in [0.1, 0.15) is 13.1 Å². The lowest BCUT2D eigenvalue weighted by molar-refractivity contribution is -0.906. The van der Waals surface area contributed by atoms with E-state index in [9.17, 15) is 13.0 Å². The second-order valence-corrected chi connectivity index (χ2v) is 3.94. The monoisotopic (exact) mass is 227 g/mol. The Balaban J connectivity index is 0.000000255. The van der Waals surface area contributed by atoms with Crippen molar-refractivity contribution >= 4 is 10.4 Å². The highest BCUT2D eigenvalue weighted by molar-refractivity contribution is 7.80. The minimum Gasteiger partial charge on any atom is -0.726 e. The molecule has 0 aromatic rings. The van der Waals surface area contributed by atoms with Gasteiger partial charge in [0.2, 0.25) is 10.4 Å². The summed E-state index contributed by atoms with van der Waals surface area (Å²) in [6.45, 7) is 7.81. The van der Waals surface area contributed by atoms with Crippen LogP contribution in [0.2, 0.25) is 0 Å². The first kappa shape index (κ1) is 13.8. The van der Waals surface area contributed by atoms with E-state index in [4.69, 9.17) is 4.74 Å². The molecule has 86 valence electrons. The Morgan fingerprint density at radius 3 is 2.07 bits per heavy atom. The van der Waals surface area contributed by atoms with Crippen LogP contribution in [0.1, 0.15) is 6.92 Å². The van der Waals surface area contributed by atoms with Crippen molar-refractivity contribution in [2.45, 2.75) is 6.92 Å². The summed E-state index contributed by atoms with van der Waals surface area (Å²) in [5, 5.41) is 0. The number of hydrogen-bond acceptors (Lipinski definition) is 5. The molecule has 0 radical (unpaired) electrons. The van der Waals surface area contributed by atoms with E-state index in [1.54, 1.807) is 4.90 Å². The third-order valence-corrected chi connectivity index (χ3v) is 2.31. The number of rotatable bonds is 2. The molecule has 0 aromatic carbocycles. The molecule has 1 aliphatic heterocycles. The molecule has 7 heteroatoms. The number of nitrogens with one attached hydrogen (secondary N) is 1. The zero-order valence-corrected chi connectivity index (χ0v) is 9.30. The van der Waals surface area contributed by atoms with Crippen molar-refractivity contribution < 1.29 is 26.8 Å². The van der Waals surface area contributed by atoms with Gasteiger partial charge in [-0.3, -0.25) is 4.18 Å². The smallest absolute Gasteiger partial charge is 0.217 e. The summed E-state index contributed by atoms with van der Waals surface area (Å²) in [6.07, 6.45) is 0. The van der Waals surface area contributed by atoms with Crippen LogP contribution in [0.15, 0.2) is 0 Å². The Morgan fingerprint density at radius 2 is 1.86 bits per heavy atom. The molecule has 1 aliphatic rings. The second-order valence-electron chi connectivity index (χ2n) is 2.79. The maximum absolute atomic E-state index is 9.22. The molecule has 14 heavy (non-hydrogen) atoms. The summed E-state index contributed by atoms with van der Waals surface area (Å²) in [5.74, 6) is 0. The Labute approximate surface area is 84.8 Å². The van der Waals surface area contributed by atoms with Crippen LogP contribution in [-0.4, -0.2) is 52.9 Å². The molecule has 1 rings (SSSR count). The van der Waals surface area contributed by atoms with Gasteiger partial charge in [-0.25, -0.2) is 8.42 Å². The van der Waals surface area contributed by atoms with Crippen molar-refractivity contribution in [2.24, 2.45) is 0 Å². The topological polar surface area (TPSA) is 80.1 Å². The van der Waals surface area contributed by atoms with Crippen LogP contribution < -0.4 is 4.90 Å². The number of quaternary nitrogens is 1. The molecule has 0 saturated carbocycles. The minimum absolute atomic E-state index is 0.808. The average molecular weight is 227 g/mol. The first-order valence-corrected chi connectivity index (χ1v) is 5.75. The highest BCUT2D eigenvalue weighted by Gasteiger charge is 2.09. The van der Waals surface area contributed by atoms with E-state index in [0.717, 1.165) is 20.3 Å². The first-order chi connectivity index (χ1) is 6.49. The van der Waals surface area contributed by atoms with Crippen molar-refractivity contribution in [3.8, 4) is 0 Å². The molecule has 1 fully saturated rings. The normalized spacial score (nSPS) is 18.5. The predicted octanol–water partition coefficient (Wildman–Crippen LogP) is -1.99. The van der Waals surface area contributed by atoms with Gasteiger partial charge < -0.3 is 14.2 Å². The molecule has 1 heterocycles. The van der Waals surface area contributed by atoms with Crippen LogP contribution in [0.5, 0.6) is 0 Å². The lowest BCUT2D eigenvalue weighted by Crippen LogP contribution is -3.13. The fourth-order valence-electron chi connectivity index (χ4n) is 1.01. The first-order valence-electron chi connectivity index (χ1n) is 4.42. The van der Waals surface area contributed by atoms with Crippen molar-refractivity contribution in [2.75, 3.05) is 40.0 Å². The molecule has 6 nitrogen and oxygen atoms in total. The lowest BCUT2D eigenvalue weighted by Gasteiger charge is -2.21. The van der Waals surface area contributed by atoms with Crippen molar-refractivity contribution in [3.63, 3.8) is 0 Å². The number of likely N-dealkylation sites (N-methyl/N-ethyl adjacent to an activating group) is 1. The molecule has 0 amide bonds. The number of ether oxygens (including phenoxy) is 1. The summed E-state index contributed by atoms with van der Waals surface area (Å²) in [5.41, 5.74) is 0. The Hall–Kier alpha value is -0.210. The van der Waals surface area contributed by atoms with Crippen LogP contribution in [0.3, 0.4) is 0 Å². The Kier molecular flexibility index (Phi) is 7.02. The van der Waals surface area contributed by atoms with E-state index in [-0.39, 0.29) is 0 Å². The zero-order chi connectivity index (χ0) is 11.0. The van der Waals surface area contributed by atoms with Crippen LogP contribution >= 0.6 is 0 Å². The van der Waals surface area contributed by atoms with Gasteiger partial charge >= 0.3 is 0 Å². The van der Waals surface area contributed by atoms with E-state index in [0.29, 0.717) is 0 Å². The quantitative estimate of drug-likeness (QED) is 0.436. The van der Waals surface area contributed by atoms with Crippen LogP contribution in [0.25, 0.3) is 0 Å². The lowest BCUT2D eigenvalue weighted by atomic mass is 10.4. The summed E-state index contributed by atoms with van der Waals surface area (Å²) >= 11 is 0. The number of morpholine rings is 1. The highest BCUT2D eigenvalue weighted by atomic mass is 32.3. The van der Waals surface area contributed by atoms with Crippen molar-refractivity contribution in [3.05, 3.63) is 0 Å². The largest absolute Gasteiger partial charge is 0.726 e. The predicted molar refractivity (Wildman–Crippen MR) is 48.8 cm³/mol. The van der Waals surface area contributed by atoms with Crippen molar-refractivity contribution in [1.82, 2.24) is 0 Å². The third kappa shape index (κ3) is 8.39. The highest BCUT2D eigenvalue weighted by Crippen LogP contribution is 1.74. The average Bonchev–Trinajstić information content (AvgIpc) is 2.19. The van der Waals surface area contributed by atoms with Gasteiger partial charge in [-0.15, -0.1) is 0 Å². The second kappa shape index (κ2) is 7.13. The van der Waals surface area contributed by atoms with E-state index in [2.05, 4.69) is 11.1 Å². The van der Waals surface area contributed by atoms with E-state index in [1.165, 1.54) is 19.6 Å². The third-order valence-electron chi connectivity index (χ3n) is 1.90. The van der Waals surface area contributed by atoms with E-state index in [1.807, 2.05) is 0 Å². The van der Waals surface area contributed by atoms with Gasteiger partial charge in [-0.05, 0) is 6.92 Å². The molecule has 1 saturated heterocycles. The summed E-state index contributed by atoms with van der Waals surface area (Å²) in [4.78, 5) is 1.68. The van der Waals surface area contributed by atoms with Gasteiger partial charge in [-0.2, -0.15) is 0 Å². The van der Waals surface area contributed by atoms with E-state index < -0.39 is 10.4 Å². The van der Waals surface area contributed by atoms with Crippen molar-refractivity contribution in [1.29, 1.82) is 0 Å². The SMILES string of the molecule is CC[NH+]1CCOCC1.COS(=O)(=O)[O-]. The molecule has 0 spiro atoms. The fourth-order valence-corrected chi connectivity index (χ4v) is 1.01. The maximum atomic E-state index is 9.22. The Morgan fingerprint density at radius 1 is 1.43 bits per heavy atom. The summed E-state index contributed by atoms with van der Waals surface area (Å²) < 4.78 is 36.2. The standard InChI is InChI=1S/C6H13NO.CH4O4S/c1-2-7-3-5-8-6-4-7;1-5-6(2,3)4/h2-6H2,1H3;1H3,(H,2,3,4). The Bertz CT molecular complexity index is 222. The number of hydrogen-bond donors (Lipinski definition) is 1. The summed E-state index contributed by atoms with van der Waals surface area (Å²) in [6, 6.07) is 0. The van der Waals surface area contributed by atoms with Crippen LogP contribution in [0, 0.1) is 0 Å². The molecule has 1 N–H and O–H groups in total. The molecule has 0 unspecified atom stereocenters. The molecule has 0 atom stereocenters. The van der Waals surface area contributed by atoms with Crippen LogP contribution in [0.4, 0.5) is 0 Å². The molecule has 0 aliphatic carbocycles. The molecular weight excluding hydrogens is 210 g/mol. The fraction of sp³-hybridized carbons (Fsp3) is 1.00. The minimum atomic E-state index is -4.41. The van der Waals surface area contributed by atoms with Gasteiger partial charge in [0.15, 0.2) is 0 Å². The van der Waals surface area contributed by atoms with Gasteiger partial charge in [0.05, 0.1) is 26.9 Å². The zero-order valence-electron chi connectivity index (χ0n) is 8.49. The summed E-state index contributed by atoms with van der Waals surface area (Å²) in [7, 11) is -3.60. The van der Waals surface area contributed by atoms with Gasteiger partial charge in [-0.1, -0.05) is 0 Å². The molecular formula is C7H17NO5S. The molecule has 0 aromatic heterocycles. The maximum Gasteiger partial charge on any atom is 0.217 e.